The summed E-state index contributed by atoms with van der Waals surface area (Å²) in [5, 5.41) is 3.09. The number of rotatable bonds is 3. The van der Waals surface area contributed by atoms with Crippen molar-refractivity contribution in [2.24, 2.45) is 10.7 Å². The Labute approximate surface area is 131 Å². The van der Waals surface area contributed by atoms with Crippen LogP contribution in [0.15, 0.2) is 58.4 Å². The van der Waals surface area contributed by atoms with Crippen LogP contribution in [0.5, 0.6) is 0 Å². The van der Waals surface area contributed by atoms with E-state index in [9.17, 15) is 4.79 Å². The molecule has 0 aliphatic carbocycles. The van der Waals surface area contributed by atoms with E-state index < -0.39 is 6.17 Å². The van der Waals surface area contributed by atoms with E-state index in [-0.39, 0.29) is 5.69 Å². The van der Waals surface area contributed by atoms with Crippen LogP contribution in [0.2, 0.25) is 0 Å². The molecule has 0 radical (unpaired) electrons. The minimum absolute atomic E-state index is 0.215. The van der Waals surface area contributed by atoms with Crippen molar-refractivity contribution in [2.45, 2.75) is 12.7 Å². The number of nitrogens with one attached hydrogen (secondary N) is 3. The number of amidine groups is 1. The van der Waals surface area contributed by atoms with Crippen LogP contribution in [0.4, 0.5) is 5.82 Å². The molecule has 0 bridgehead atoms. The number of imidazole rings is 1. The van der Waals surface area contributed by atoms with E-state index in [2.05, 4.69) is 20.3 Å². The molecule has 1 aliphatic rings. The van der Waals surface area contributed by atoms with Crippen LogP contribution in [0.1, 0.15) is 23.1 Å². The van der Waals surface area contributed by atoms with Gasteiger partial charge in [-0.2, -0.15) is 0 Å². The maximum absolute atomic E-state index is 12.3. The van der Waals surface area contributed by atoms with Gasteiger partial charge < -0.3 is 21.0 Å². The molecule has 0 saturated heterocycles. The average Bonchev–Trinajstić information content (AvgIpc) is 3.19. The van der Waals surface area contributed by atoms with E-state index in [0.717, 1.165) is 11.3 Å². The van der Waals surface area contributed by atoms with Crippen LogP contribution in [-0.4, -0.2) is 20.4 Å². The summed E-state index contributed by atoms with van der Waals surface area (Å²) in [5.41, 5.74) is 8.37. The highest BCUT2D eigenvalue weighted by atomic mass is 16.1. The van der Waals surface area contributed by atoms with Gasteiger partial charge in [0, 0.05) is 6.20 Å². The van der Waals surface area contributed by atoms with Crippen molar-refractivity contribution in [3.05, 3.63) is 76.1 Å². The molecule has 1 atom stereocenters. The zero-order valence-electron chi connectivity index (χ0n) is 12.3. The van der Waals surface area contributed by atoms with E-state index in [1.165, 1.54) is 0 Å². The third-order valence-corrected chi connectivity index (χ3v) is 3.84. The maximum Gasteiger partial charge on any atom is 0.327 e. The second kappa shape index (κ2) is 5.29. The van der Waals surface area contributed by atoms with Gasteiger partial charge in [0.1, 0.15) is 11.9 Å². The van der Waals surface area contributed by atoms with Crippen molar-refractivity contribution in [1.29, 1.82) is 0 Å². The second-order valence-corrected chi connectivity index (χ2v) is 5.41. The summed E-state index contributed by atoms with van der Waals surface area (Å²) in [5.74, 6) is 1.19. The molecular weight excluding hydrogens is 292 g/mol. The molecule has 116 valence electrons. The zero-order valence-corrected chi connectivity index (χ0v) is 12.3. The van der Waals surface area contributed by atoms with Gasteiger partial charge in [0.2, 0.25) is 0 Å². The van der Waals surface area contributed by atoms with Gasteiger partial charge in [0.15, 0.2) is 11.7 Å². The van der Waals surface area contributed by atoms with Crippen molar-refractivity contribution in [2.75, 3.05) is 0 Å². The van der Waals surface area contributed by atoms with E-state index in [0.29, 0.717) is 23.9 Å². The molecule has 3 heterocycles. The highest BCUT2D eigenvalue weighted by molar-refractivity contribution is 5.99. The summed E-state index contributed by atoms with van der Waals surface area (Å²) < 4.78 is 1.61. The fourth-order valence-electron chi connectivity index (χ4n) is 2.70. The minimum Gasteiger partial charge on any atom is -0.359 e. The van der Waals surface area contributed by atoms with E-state index in [1.807, 2.05) is 48.7 Å². The molecular formula is C16H16N6O. The molecule has 0 fully saturated rings. The van der Waals surface area contributed by atoms with Crippen molar-refractivity contribution in [3.8, 4) is 0 Å². The fraction of sp³-hybridized carbons (Fsp3) is 0.125. The smallest absolute Gasteiger partial charge is 0.327 e. The van der Waals surface area contributed by atoms with E-state index in [4.69, 9.17) is 5.73 Å². The van der Waals surface area contributed by atoms with Crippen molar-refractivity contribution < 1.29 is 0 Å². The number of aliphatic imine (C=N–C) groups is 1. The second-order valence-electron chi connectivity index (χ2n) is 5.41. The Morgan fingerprint density at radius 3 is 2.74 bits per heavy atom. The molecule has 0 spiro atoms. The lowest BCUT2D eigenvalue weighted by Gasteiger charge is -2.21. The molecule has 1 unspecified atom stereocenters. The van der Waals surface area contributed by atoms with Crippen LogP contribution in [-0.2, 0) is 6.54 Å². The molecule has 23 heavy (non-hydrogen) atoms. The number of fused-ring (bicyclic) bond motifs is 1. The monoisotopic (exact) mass is 308 g/mol. The molecule has 2 aromatic heterocycles. The number of hydrogen-bond donors (Lipinski definition) is 4. The van der Waals surface area contributed by atoms with Crippen molar-refractivity contribution >= 4 is 11.7 Å². The molecule has 5 N–H and O–H groups in total. The summed E-state index contributed by atoms with van der Waals surface area (Å²) in [6.07, 6.45) is 1.31. The molecule has 0 amide bonds. The lowest BCUT2D eigenvalue weighted by molar-refractivity contribution is 0.648. The first-order valence-electron chi connectivity index (χ1n) is 7.33. The van der Waals surface area contributed by atoms with Crippen LogP contribution >= 0.6 is 0 Å². The number of H-pyrrole nitrogens is 2. The zero-order chi connectivity index (χ0) is 15.8. The third-order valence-electron chi connectivity index (χ3n) is 3.84. The quantitative estimate of drug-likeness (QED) is 0.584. The van der Waals surface area contributed by atoms with Crippen LogP contribution in [0.25, 0.3) is 0 Å². The average molecular weight is 308 g/mol. The Morgan fingerprint density at radius 2 is 2.00 bits per heavy atom. The Kier molecular flexibility index (Phi) is 3.13. The molecule has 3 aromatic rings. The van der Waals surface area contributed by atoms with Crippen LogP contribution in [0.3, 0.4) is 0 Å². The summed E-state index contributed by atoms with van der Waals surface area (Å²) in [6, 6.07) is 13.6. The highest BCUT2D eigenvalue weighted by Gasteiger charge is 2.25. The predicted octanol–water partition coefficient (Wildman–Crippen LogP) is 1.19. The van der Waals surface area contributed by atoms with Gasteiger partial charge in [0.25, 0.3) is 0 Å². The lowest BCUT2D eigenvalue weighted by atomic mass is 10.2. The minimum atomic E-state index is -0.509. The molecule has 4 rings (SSSR count). The number of nitrogens with two attached hydrogens (primary N) is 1. The number of aromatic amines is 2. The predicted molar refractivity (Wildman–Crippen MR) is 87.7 cm³/mol. The van der Waals surface area contributed by atoms with E-state index >= 15 is 0 Å². The van der Waals surface area contributed by atoms with Crippen LogP contribution in [0, 0.1) is 0 Å². The lowest BCUT2D eigenvalue weighted by Crippen LogP contribution is -2.37. The van der Waals surface area contributed by atoms with Crippen LogP contribution < -0.4 is 16.7 Å². The molecule has 7 nitrogen and oxygen atoms in total. The molecule has 7 heteroatoms. The maximum atomic E-state index is 12.3. The first-order valence-corrected chi connectivity index (χ1v) is 7.33. The highest BCUT2D eigenvalue weighted by Crippen LogP contribution is 2.25. The van der Waals surface area contributed by atoms with Gasteiger partial charge in [-0.1, -0.05) is 30.3 Å². The summed E-state index contributed by atoms with van der Waals surface area (Å²) in [7, 11) is 0. The van der Waals surface area contributed by atoms with Gasteiger partial charge in [-0.3, -0.25) is 4.57 Å². The summed E-state index contributed by atoms with van der Waals surface area (Å²) in [6.45, 7) is 0.444. The normalized spacial score (nSPS) is 16.6. The largest absolute Gasteiger partial charge is 0.359 e. The number of benzene rings is 1. The van der Waals surface area contributed by atoms with Gasteiger partial charge in [-0.15, -0.1) is 0 Å². The summed E-state index contributed by atoms with van der Waals surface area (Å²) in [4.78, 5) is 22.8. The molecule has 1 aliphatic heterocycles. The number of hydrogen-bond acceptors (Lipinski definition) is 4. The third kappa shape index (κ3) is 2.36. The van der Waals surface area contributed by atoms with E-state index in [1.54, 1.807) is 4.57 Å². The van der Waals surface area contributed by atoms with Gasteiger partial charge in [0.05, 0.1) is 12.2 Å². The Hall–Kier alpha value is -3.06. The topological polar surface area (TPSA) is 104 Å². The first-order chi connectivity index (χ1) is 11.2. The van der Waals surface area contributed by atoms with Crippen molar-refractivity contribution in [1.82, 2.24) is 19.9 Å². The number of nitrogens with zero attached hydrogens (tertiary/aromatic N) is 2. The molecule has 1 aromatic carbocycles. The standard InChI is InChI=1S/C16H16N6O/c17-13-12-15(21-14(20-13)11-7-4-8-18-11)22(16(23)19-12)9-10-5-2-1-3-6-10/h1-8,13,18H,9,17H2,(H,19,23)(H,20,21). The Bertz CT molecular complexity index is 904. The summed E-state index contributed by atoms with van der Waals surface area (Å²) >= 11 is 0. The van der Waals surface area contributed by atoms with Gasteiger partial charge in [-0.05, 0) is 17.7 Å². The van der Waals surface area contributed by atoms with Crippen molar-refractivity contribution in [3.63, 3.8) is 0 Å². The Morgan fingerprint density at radius 1 is 1.17 bits per heavy atom. The van der Waals surface area contributed by atoms with Gasteiger partial charge >= 0.3 is 5.69 Å². The SMILES string of the molecule is NC1NC(c2ccc[nH]2)=Nc2c1[nH]c(=O)n2Cc1ccccc1. The fourth-order valence-corrected chi connectivity index (χ4v) is 2.70. The van der Waals surface area contributed by atoms with Gasteiger partial charge in [-0.25, -0.2) is 9.79 Å². The first kappa shape index (κ1) is 13.6. The number of aromatic nitrogens is 3. The molecule has 0 saturated carbocycles. The Balaban J connectivity index is 1.80.